The third kappa shape index (κ3) is 2.98. The lowest BCUT2D eigenvalue weighted by molar-refractivity contribution is 0.536. The predicted octanol–water partition coefficient (Wildman–Crippen LogP) is 3.17. The molecule has 0 aliphatic carbocycles. The summed E-state index contributed by atoms with van der Waals surface area (Å²) >= 11 is 5.47. The molecule has 0 radical (unpaired) electrons. The minimum absolute atomic E-state index is 0.115. The first kappa shape index (κ1) is 15.7. The van der Waals surface area contributed by atoms with Gasteiger partial charge in [0.2, 0.25) is 0 Å². The van der Waals surface area contributed by atoms with Gasteiger partial charge in [-0.3, -0.25) is 16.0 Å². The first-order valence-electron chi connectivity index (χ1n) is 6.71. The molecule has 0 fully saturated rings. The summed E-state index contributed by atoms with van der Waals surface area (Å²) in [4.78, 5) is 2.62. The van der Waals surface area contributed by atoms with Gasteiger partial charge in [-0.2, -0.15) is 5.10 Å². The van der Waals surface area contributed by atoms with Crippen LogP contribution in [-0.4, -0.2) is 9.78 Å². The maximum Gasteiger partial charge on any atom is 0.0766 e. The lowest BCUT2D eigenvalue weighted by atomic mass is 10.1. The first-order valence-corrected chi connectivity index (χ1v) is 8.32. The minimum atomic E-state index is 0.115. The van der Waals surface area contributed by atoms with Gasteiger partial charge in [-0.05, 0) is 47.8 Å². The Kier molecular flexibility index (Phi) is 5.01. The molecule has 2 rings (SSSR count). The number of aryl methyl sites for hydroxylation is 4. The van der Waals surface area contributed by atoms with Gasteiger partial charge in [0, 0.05) is 23.2 Å². The van der Waals surface area contributed by atoms with Crippen molar-refractivity contribution in [2.45, 2.75) is 39.7 Å². The minimum Gasteiger partial charge on any atom is -0.271 e. The van der Waals surface area contributed by atoms with Crippen LogP contribution in [0.4, 0.5) is 0 Å². The summed E-state index contributed by atoms with van der Waals surface area (Å²) < 4.78 is 3.05. The van der Waals surface area contributed by atoms with E-state index in [1.807, 2.05) is 11.7 Å². The van der Waals surface area contributed by atoms with E-state index in [4.69, 9.17) is 5.84 Å². The van der Waals surface area contributed by atoms with Crippen LogP contribution in [0.5, 0.6) is 0 Å². The fourth-order valence-electron chi connectivity index (χ4n) is 2.25. The third-order valence-corrected chi connectivity index (χ3v) is 5.81. The summed E-state index contributed by atoms with van der Waals surface area (Å²) in [5.74, 6) is 5.76. The van der Waals surface area contributed by atoms with Crippen LogP contribution in [0.25, 0.3) is 0 Å². The number of aromatic nitrogens is 2. The molecule has 3 N–H and O–H groups in total. The highest BCUT2D eigenvalue weighted by molar-refractivity contribution is 9.10. The Bertz CT molecular complexity index is 583. The monoisotopic (exact) mass is 356 g/mol. The van der Waals surface area contributed by atoms with Gasteiger partial charge in [0.25, 0.3) is 0 Å². The molecule has 2 aromatic heterocycles. The molecular weight excluding hydrogens is 336 g/mol. The van der Waals surface area contributed by atoms with Gasteiger partial charge in [0.15, 0.2) is 0 Å². The van der Waals surface area contributed by atoms with Crippen LogP contribution in [0.15, 0.2) is 10.5 Å². The molecule has 0 spiro atoms. The van der Waals surface area contributed by atoms with Crippen LogP contribution in [0.1, 0.15) is 39.7 Å². The van der Waals surface area contributed by atoms with Crippen LogP contribution >= 0.6 is 27.3 Å². The van der Waals surface area contributed by atoms with Crippen molar-refractivity contribution in [1.29, 1.82) is 0 Å². The van der Waals surface area contributed by atoms with E-state index in [9.17, 15) is 0 Å². The molecular formula is C14H21BrN4S. The van der Waals surface area contributed by atoms with Crippen molar-refractivity contribution in [3.63, 3.8) is 0 Å². The summed E-state index contributed by atoms with van der Waals surface area (Å²) in [5, 5.41) is 4.54. The quantitative estimate of drug-likeness (QED) is 0.638. The van der Waals surface area contributed by atoms with Crippen LogP contribution < -0.4 is 11.3 Å². The van der Waals surface area contributed by atoms with Crippen molar-refractivity contribution in [2.24, 2.45) is 12.9 Å². The van der Waals surface area contributed by atoms with Crippen molar-refractivity contribution >= 4 is 27.3 Å². The number of rotatable bonds is 5. The van der Waals surface area contributed by atoms with E-state index in [0.717, 1.165) is 23.0 Å². The number of nitrogens with zero attached hydrogens (tertiary/aromatic N) is 2. The summed E-state index contributed by atoms with van der Waals surface area (Å²) in [6.45, 7) is 6.39. The Hall–Kier alpha value is -0.690. The smallest absolute Gasteiger partial charge is 0.0766 e. The van der Waals surface area contributed by atoms with Crippen LogP contribution in [0, 0.1) is 13.8 Å². The van der Waals surface area contributed by atoms with E-state index in [1.165, 1.54) is 21.0 Å². The van der Waals surface area contributed by atoms with Crippen molar-refractivity contribution in [2.75, 3.05) is 0 Å². The highest BCUT2D eigenvalue weighted by atomic mass is 79.9. The van der Waals surface area contributed by atoms with Gasteiger partial charge in [0.1, 0.15) is 0 Å². The van der Waals surface area contributed by atoms with Gasteiger partial charge in [-0.15, -0.1) is 11.3 Å². The zero-order valence-corrected chi connectivity index (χ0v) is 14.7. The SMILES string of the molecule is CCc1nn(C)c(CC(NN)c2cc(C)c(C)s2)c1Br. The summed E-state index contributed by atoms with van der Waals surface area (Å²) in [6, 6.07) is 2.33. The van der Waals surface area contributed by atoms with Crippen molar-refractivity contribution < 1.29 is 0 Å². The van der Waals surface area contributed by atoms with E-state index in [2.05, 4.69) is 53.3 Å². The van der Waals surface area contributed by atoms with Crippen molar-refractivity contribution in [3.05, 3.63) is 37.2 Å². The van der Waals surface area contributed by atoms with Gasteiger partial charge >= 0.3 is 0 Å². The molecule has 20 heavy (non-hydrogen) atoms. The fraction of sp³-hybridized carbons (Fsp3) is 0.500. The van der Waals surface area contributed by atoms with Crippen LogP contribution in [0.3, 0.4) is 0 Å². The molecule has 4 nitrogen and oxygen atoms in total. The first-order chi connectivity index (χ1) is 9.47. The fourth-order valence-corrected chi connectivity index (χ4v) is 4.13. The second-order valence-corrected chi connectivity index (χ2v) is 7.08. The Morgan fingerprint density at radius 3 is 2.65 bits per heavy atom. The Morgan fingerprint density at radius 1 is 1.50 bits per heavy atom. The maximum absolute atomic E-state index is 5.76. The lowest BCUT2D eigenvalue weighted by Crippen LogP contribution is -2.29. The van der Waals surface area contributed by atoms with Gasteiger partial charge in [-0.25, -0.2) is 0 Å². The summed E-state index contributed by atoms with van der Waals surface area (Å²) in [5.41, 5.74) is 6.53. The van der Waals surface area contributed by atoms with E-state index in [0.29, 0.717) is 0 Å². The Labute approximate surface area is 132 Å². The second-order valence-electron chi connectivity index (χ2n) is 5.00. The number of nitrogens with one attached hydrogen (secondary N) is 1. The van der Waals surface area contributed by atoms with E-state index in [1.54, 1.807) is 11.3 Å². The summed E-state index contributed by atoms with van der Waals surface area (Å²) in [6.07, 6.45) is 1.74. The number of nitrogens with two attached hydrogens (primary N) is 1. The second kappa shape index (κ2) is 6.39. The predicted molar refractivity (Wildman–Crippen MR) is 87.8 cm³/mol. The molecule has 0 saturated heterocycles. The van der Waals surface area contributed by atoms with Crippen molar-refractivity contribution in [1.82, 2.24) is 15.2 Å². The number of hydrogen-bond acceptors (Lipinski definition) is 4. The molecule has 2 heterocycles. The maximum atomic E-state index is 5.76. The zero-order chi connectivity index (χ0) is 14.9. The summed E-state index contributed by atoms with van der Waals surface area (Å²) in [7, 11) is 1.98. The lowest BCUT2D eigenvalue weighted by Gasteiger charge is -2.14. The molecule has 110 valence electrons. The average Bonchev–Trinajstić information content (AvgIpc) is 2.88. The van der Waals surface area contributed by atoms with Crippen LogP contribution in [-0.2, 0) is 19.9 Å². The number of hydrogen-bond donors (Lipinski definition) is 2. The van der Waals surface area contributed by atoms with Gasteiger partial charge in [0.05, 0.1) is 21.9 Å². The highest BCUT2D eigenvalue weighted by Gasteiger charge is 2.20. The van der Waals surface area contributed by atoms with E-state index in [-0.39, 0.29) is 6.04 Å². The molecule has 0 bridgehead atoms. The average molecular weight is 357 g/mol. The normalized spacial score (nSPS) is 12.9. The molecule has 1 unspecified atom stereocenters. The highest BCUT2D eigenvalue weighted by Crippen LogP contribution is 2.31. The number of hydrazine groups is 1. The van der Waals surface area contributed by atoms with Gasteiger partial charge < -0.3 is 0 Å². The van der Waals surface area contributed by atoms with E-state index < -0.39 is 0 Å². The van der Waals surface area contributed by atoms with Crippen LogP contribution in [0.2, 0.25) is 0 Å². The Morgan fingerprint density at radius 2 is 2.20 bits per heavy atom. The van der Waals surface area contributed by atoms with Gasteiger partial charge in [-0.1, -0.05) is 6.92 Å². The molecule has 0 aliphatic heterocycles. The molecule has 6 heteroatoms. The molecule has 0 aromatic carbocycles. The number of halogens is 1. The third-order valence-electron chi connectivity index (χ3n) is 3.63. The molecule has 1 atom stereocenters. The topological polar surface area (TPSA) is 55.9 Å². The standard InChI is InChI=1S/C14H21BrN4S/c1-5-10-14(15)12(19(4)18-10)7-11(17-16)13-6-8(2)9(3)20-13/h6,11,17H,5,7,16H2,1-4H3. The molecule has 2 aromatic rings. The molecule has 0 aliphatic rings. The number of thiophene rings is 1. The van der Waals surface area contributed by atoms with E-state index >= 15 is 0 Å². The van der Waals surface area contributed by atoms with Crippen molar-refractivity contribution in [3.8, 4) is 0 Å². The zero-order valence-electron chi connectivity index (χ0n) is 12.3. The molecule has 0 saturated carbocycles. The molecule has 0 amide bonds. The largest absolute Gasteiger partial charge is 0.271 e. The Balaban J connectivity index is 2.29.